The van der Waals surface area contributed by atoms with Crippen LogP contribution in [0.15, 0.2) is 42.9 Å². The lowest BCUT2D eigenvalue weighted by molar-refractivity contribution is 1.16. The number of hydrogen-bond acceptors (Lipinski definition) is 4. The molecule has 86 valence electrons. The third kappa shape index (κ3) is 1.87. The summed E-state index contributed by atoms with van der Waals surface area (Å²) in [6.07, 6.45) is 4.91. The standard InChI is InChI=1S/C13H9N5/c14-6-11-7-15-8-13(18-11)17-10-1-2-12-9(5-10)3-4-16-12/h1-5,7-8,16H,(H,17,18). The van der Waals surface area contributed by atoms with Crippen molar-refractivity contribution >= 4 is 22.4 Å². The molecular formula is C13H9N5. The van der Waals surface area contributed by atoms with E-state index >= 15 is 0 Å². The van der Waals surface area contributed by atoms with Crippen LogP contribution in [0.4, 0.5) is 11.5 Å². The average Bonchev–Trinajstić information content (AvgIpc) is 2.86. The number of rotatable bonds is 2. The Morgan fingerprint density at radius 1 is 1.22 bits per heavy atom. The van der Waals surface area contributed by atoms with Crippen LogP contribution in [0.5, 0.6) is 0 Å². The molecule has 0 saturated heterocycles. The molecule has 5 nitrogen and oxygen atoms in total. The lowest BCUT2D eigenvalue weighted by Crippen LogP contribution is -1.96. The number of nitrogens with zero attached hydrogens (tertiary/aromatic N) is 3. The molecule has 0 aliphatic heterocycles. The molecule has 3 aromatic rings. The maximum absolute atomic E-state index is 8.76. The van der Waals surface area contributed by atoms with E-state index in [0.29, 0.717) is 11.5 Å². The highest BCUT2D eigenvalue weighted by Gasteiger charge is 2.00. The fourth-order valence-electron chi connectivity index (χ4n) is 1.76. The first kappa shape index (κ1) is 10.3. The van der Waals surface area contributed by atoms with Crippen LogP contribution in [0.25, 0.3) is 10.9 Å². The van der Waals surface area contributed by atoms with Crippen molar-refractivity contribution in [3.63, 3.8) is 0 Å². The molecule has 0 unspecified atom stereocenters. The Kier molecular flexibility index (Phi) is 2.39. The van der Waals surface area contributed by atoms with Crippen LogP contribution in [-0.2, 0) is 0 Å². The molecule has 18 heavy (non-hydrogen) atoms. The Bertz CT molecular complexity index is 738. The van der Waals surface area contributed by atoms with Crippen LogP contribution >= 0.6 is 0 Å². The van der Waals surface area contributed by atoms with Gasteiger partial charge in [0.05, 0.1) is 12.4 Å². The summed E-state index contributed by atoms with van der Waals surface area (Å²) in [6.45, 7) is 0. The molecule has 0 aliphatic carbocycles. The van der Waals surface area contributed by atoms with Gasteiger partial charge in [-0.1, -0.05) is 0 Å². The van der Waals surface area contributed by atoms with E-state index in [1.807, 2.05) is 36.5 Å². The van der Waals surface area contributed by atoms with E-state index < -0.39 is 0 Å². The zero-order valence-corrected chi connectivity index (χ0v) is 9.38. The zero-order chi connectivity index (χ0) is 12.4. The van der Waals surface area contributed by atoms with Crippen molar-refractivity contribution in [1.82, 2.24) is 15.0 Å². The van der Waals surface area contributed by atoms with Crippen LogP contribution in [-0.4, -0.2) is 15.0 Å². The SMILES string of the molecule is N#Cc1cncc(Nc2ccc3[nH]ccc3c2)n1. The Morgan fingerprint density at radius 2 is 2.17 bits per heavy atom. The quantitative estimate of drug-likeness (QED) is 0.715. The summed E-state index contributed by atoms with van der Waals surface area (Å²) in [5.41, 5.74) is 2.28. The van der Waals surface area contributed by atoms with Crippen LogP contribution in [0, 0.1) is 11.3 Å². The van der Waals surface area contributed by atoms with E-state index in [1.165, 1.54) is 6.20 Å². The third-order valence-corrected chi connectivity index (χ3v) is 2.57. The zero-order valence-electron chi connectivity index (χ0n) is 9.38. The second kappa shape index (κ2) is 4.18. The highest BCUT2D eigenvalue weighted by molar-refractivity contribution is 5.83. The number of hydrogen-bond donors (Lipinski definition) is 2. The van der Waals surface area contributed by atoms with Crippen molar-refractivity contribution in [3.05, 3.63) is 48.5 Å². The molecule has 2 aromatic heterocycles. The van der Waals surface area contributed by atoms with Crippen LogP contribution in [0.1, 0.15) is 5.69 Å². The molecule has 0 amide bonds. The van der Waals surface area contributed by atoms with Gasteiger partial charge in [0.15, 0.2) is 5.69 Å². The van der Waals surface area contributed by atoms with Gasteiger partial charge in [0.1, 0.15) is 11.9 Å². The average molecular weight is 235 g/mol. The lowest BCUT2D eigenvalue weighted by Gasteiger charge is -2.05. The fraction of sp³-hybridized carbons (Fsp3) is 0. The summed E-state index contributed by atoms with van der Waals surface area (Å²) in [4.78, 5) is 11.2. The number of aromatic amines is 1. The molecule has 5 heteroatoms. The number of H-pyrrole nitrogens is 1. The lowest BCUT2D eigenvalue weighted by atomic mass is 10.2. The molecule has 0 fully saturated rings. The summed E-state index contributed by atoms with van der Waals surface area (Å²) in [7, 11) is 0. The normalized spacial score (nSPS) is 10.2. The van der Waals surface area contributed by atoms with Crippen LogP contribution in [0.2, 0.25) is 0 Å². The van der Waals surface area contributed by atoms with Crippen LogP contribution < -0.4 is 5.32 Å². The van der Waals surface area contributed by atoms with Gasteiger partial charge >= 0.3 is 0 Å². The number of anilines is 2. The van der Waals surface area contributed by atoms with Gasteiger partial charge in [-0.15, -0.1) is 0 Å². The summed E-state index contributed by atoms with van der Waals surface area (Å²) in [6, 6.07) is 9.89. The molecule has 1 aromatic carbocycles. The van der Waals surface area contributed by atoms with Gasteiger partial charge in [-0.25, -0.2) is 4.98 Å². The summed E-state index contributed by atoms with van der Waals surface area (Å²) < 4.78 is 0. The summed E-state index contributed by atoms with van der Waals surface area (Å²) >= 11 is 0. The van der Waals surface area contributed by atoms with Crippen molar-refractivity contribution in [3.8, 4) is 6.07 Å². The predicted octanol–water partition coefficient (Wildman–Crippen LogP) is 2.57. The highest BCUT2D eigenvalue weighted by Crippen LogP contribution is 2.20. The fourth-order valence-corrected chi connectivity index (χ4v) is 1.76. The third-order valence-electron chi connectivity index (χ3n) is 2.57. The molecule has 0 aliphatic rings. The minimum absolute atomic E-state index is 0.294. The van der Waals surface area contributed by atoms with Gasteiger partial charge in [-0.3, -0.25) is 4.98 Å². The maximum atomic E-state index is 8.76. The molecule has 3 rings (SSSR count). The van der Waals surface area contributed by atoms with E-state index in [1.54, 1.807) is 6.20 Å². The number of nitriles is 1. The maximum Gasteiger partial charge on any atom is 0.161 e. The highest BCUT2D eigenvalue weighted by atomic mass is 15.0. The second-order valence-electron chi connectivity index (χ2n) is 3.81. The van der Waals surface area contributed by atoms with Crippen molar-refractivity contribution in [1.29, 1.82) is 5.26 Å². The van der Waals surface area contributed by atoms with Crippen molar-refractivity contribution in [2.45, 2.75) is 0 Å². The number of nitrogens with one attached hydrogen (secondary N) is 2. The molecule has 2 heterocycles. The Balaban J connectivity index is 1.93. The molecule has 0 bridgehead atoms. The summed E-state index contributed by atoms with van der Waals surface area (Å²) in [5.74, 6) is 0.559. The molecular weight excluding hydrogens is 226 g/mol. The van der Waals surface area contributed by atoms with Gasteiger partial charge in [-0.05, 0) is 24.3 Å². The monoisotopic (exact) mass is 235 g/mol. The van der Waals surface area contributed by atoms with Crippen LogP contribution in [0.3, 0.4) is 0 Å². The number of aromatic nitrogens is 3. The first-order valence-corrected chi connectivity index (χ1v) is 5.41. The Labute approximate surface area is 103 Å². The van der Waals surface area contributed by atoms with Gasteiger partial charge in [0.2, 0.25) is 0 Å². The first-order valence-electron chi connectivity index (χ1n) is 5.41. The first-order chi connectivity index (χ1) is 8.85. The van der Waals surface area contributed by atoms with E-state index in [4.69, 9.17) is 5.26 Å². The predicted molar refractivity (Wildman–Crippen MR) is 68.3 cm³/mol. The smallest absolute Gasteiger partial charge is 0.161 e. The van der Waals surface area contributed by atoms with E-state index in [0.717, 1.165) is 16.6 Å². The molecule has 0 radical (unpaired) electrons. The molecule has 2 N–H and O–H groups in total. The van der Waals surface area contributed by atoms with Crippen molar-refractivity contribution in [2.75, 3.05) is 5.32 Å². The minimum Gasteiger partial charge on any atom is -0.361 e. The van der Waals surface area contributed by atoms with Gasteiger partial charge in [0.25, 0.3) is 0 Å². The van der Waals surface area contributed by atoms with Gasteiger partial charge < -0.3 is 10.3 Å². The second-order valence-corrected chi connectivity index (χ2v) is 3.81. The molecule has 0 saturated carbocycles. The minimum atomic E-state index is 0.294. The van der Waals surface area contributed by atoms with Crippen molar-refractivity contribution in [2.24, 2.45) is 0 Å². The Morgan fingerprint density at radius 3 is 3.06 bits per heavy atom. The van der Waals surface area contributed by atoms with E-state index in [-0.39, 0.29) is 0 Å². The Hall–Kier alpha value is -2.87. The van der Waals surface area contributed by atoms with Crippen molar-refractivity contribution < 1.29 is 0 Å². The summed E-state index contributed by atoms with van der Waals surface area (Å²) in [5, 5.41) is 13.0. The van der Waals surface area contributed by atoms with Gasteiger partial charge in [-0.2, -0.15) is 5.26 Å². The largest absolute Gasteiger partial charge is 0.361 e. The molecule has 0 spiro atoms. The van der Waals surface area contributed by atoms with Gasteiger partial charge in [0, 0.05) is 22.8 Å². The van der Waals surface area contributed by atoms with E-state index in [2.05, 4.69) is 20.3 Å². The molecule has 0 atom stereocenters. The topological polar surface area (TPSA) is 77.4 Å². The number of fused-ring (bicyclic) bond motifs is 1. The van der Waals surface area contributed by atoms with E-state index in [9.17, 15) is 0 Å². The number of benzene rings is 1.